The summed E-state index contributed by atoms with van der Waals surface area (Å²) in [6.07, 6.45) is 10.1. The van der Waals surface area contributed by atoms with Gasteiger partial charge in [-0.25, -0.2) is 4.98 Å². The molecule has 2 heterocycles. The number of hydrogen-bond donors (Lipinski definition) is 4. The van der Waals surface area contributed by atoms with Gasteiger partial charge in [0.05, 0.1) is 5.71 Å². The van der Waals surface area contributed by atoms with Crippen LogP contribution in [0.5, 0.6) is 0 Å². The number of aromatic nitrogens is 2. The van der Waals surface area contributed by atoms with Crippen molar-refractivity contribution in [2.75, 3.05) is 10.6 Å². The minimum absolute atomic E-state index is 0.0391. The van der Waals surface area contributed by atoms with Crippen LogP contribution in [-0.4, -0.2) is 33.7 Å². The minimum Gasteiger partial charge on any atom is -0.322 e. The summed E-state index contributed by atoms with van der Waals surface area (Å²) in [5.41, 5.74) is 4.99. The third kappa shape index (κ3) is 5.86. The molecule has 0 spiro atoms. The van der Waals surface area contributed by atoms with Crippen molar-refractivity contribution in [2.45, 2.75) is 38.5 Å². The number of anilines is 2. The van der Waals surface area contributed by atoms with Gasteiger partial charge in [-0.15, -0.1) is 0 Å². The van der Waals surface area contributed by atoms with E-state index in [2.05, 4.69) is 20.6 Å². The van der Waals surface area contributed by atoms with Crippen LogP contribution in [0.3, 0.4) is 0 Å². The van der Waals surface area contributed by atoms with Gasteiger partial charge >= 0.3 is 0 Å². The molecule has 0 saturated heterocycles. The molecule has 8 nitrogen and oxygen atoms in total. The van der Waals surface area contributed by atoms with Crippen molar-refractivity contribution in [2.24, 2.45) is 5.92 Å². The number of carbonyl (C=O) groups is 2. The number of nitrogens with zero attached hydrogens (tertiary/aromatic N) is 2. The summed E-state index contributed by atoms with van der Waals surface area (Å²) >= 11 is 0. The maximum Gasteiger partial charge on any atom is 0.255 e. The standard InChI is InChI=1S/C29H28N6O2/c1-17-2-7-23(34-29(37)21-9-10-32-26(13-21)18-3-4-18)15-24(17)25(31)12-22(16-30)20-8-11-33-27(14-20)35-28(36)19-5-6-19/h2,7-16,18-19,30-31H,3-6H2,1H3,(H,34,37)(H,33,35,36)/b22-12+,30-16?,31-25?. The molecule has 0 bridgehead atoms. The number of rotatable bonds is 9. The highest BCUT2D eigenvalue weighted by atomic mass is 16.2. The average molecular weight is 493 g/mol. The van der Waals surface area contributed by atoms with Crippen LogP contribution in [-0.2, 0) is 4.79 Å². The molecule has 2 aliphatic rings. The van der Waals surface area contributed by atoms with Gasteiger partial charge in [0.1, 0.15) is 5.82 Å². The molecule has 37 heavy (non-hydrogen) atoms. The van der Waals surface area contributed by atoms with Crippen molar-refractivity contribution in [1.82, 2.24) is 9.97 Å². The van der Waals surface area contributed by atoms with Gasteiger partial charge in [-0.3, -0.25) is 14.6 Å². The minimum atomic E-state index is -0.223. The number of pyridine rings is 2. The number of hydrogen-bond acceptors (Lipinski definition) is 6. The van der Waals surface area contributed by atoms with E-state index in [0.717, 1.165) is 36.9 Å². The van der Waals surface area contributed by atoms with E-state index in [1.54, 1.807) is 42.7 Å². The quantitative estimate of drug-likeness (QED) is 0.299. The fourth-order valence-electron chi connectivity index (χ4n) is 4.08. The van der Waals surface area contributed by atoms with Gasteiger partial charge in [-0.1, -0.05) is 6.07 Å². The summed E-state index contributed by atoms with van der Waals surface area (Å²) in [5, 5.41) is 22.4. The number of carbonyl (C=O) groups excluding carboxylic acids is 2. The Morgan fingerprint density at radius 2 is 1.70 bits per heavy atom. The van der Waals surface area contributed by atoms with E-state index < -0.39 is 0 Å². The van der Waals surface area contributed by atoms with Gasteiger partial charge in [0, 0.05) is 58.5 Å². The number of amides is 2. The predicted octanol–water partition coefficient (Wildman–Crippen LogP) is 5.36. The van der Waals surface area contributed by atoms with Crippen LogP contribution in [0.15, 0.2) is 60.9 Å². The van der Waals surface area contributed by atoms with E-state index in [1.165, 1.54) is 6.21 Å². The van der Waals surface area contributed by atoms with Crippen molar-refractivity contribution in [3.63, 3.8) is 0 Å². The number of nitrogens with one attached hydrogen (secondary N) is 4. The van der Waals surface area contributed by atoms with E-state index in [9.17, 15) is 9.59 Å². The highest BCUT2D eigenvalue weighted by Crippen LogP contribution is 2.39. The third-order valence-electron chi connectivity index (χ3n) is 6.57. The Morgan fingerprint density at radius 1 is 0.946 bits per heavy atom. The smallest absolute Gasteiger partial charge is 0.255 e. The van der Waals surface area contributed by atoms with Crippen molar-refractivity contribution >= 4 is 40.8 Å². The SMILES string of the molecule is Cc1ccc(NC(=O)c2ccnc(C3CC3)c2)cc1C(=N)/C=C(\C=N)c1ccnc(NC(=O)C2CC2)c1. The lowest BCUT2D eigenvalue weighted by molar-refractivity contribution is -0.117. The van der Waals surface area contributed by atoms with Crippen LogP contribution in [0.25, 0.3) is 5.57 Å². The molecule has 2 aliphatic carbocycles. The topological polar surface area (TPSA) is 132 Å². The molecule has 2 aromatic heterocycles. The van der Waals surface area contributed by atoms with Crippen LogP contribution >= 0.6 is 0 Å². The van der Waals surface area contributed by atoms with E-state index >= 15 is 0 Å². The highest BCUT2D eigenvalue weighted by molar-refractivity contribution is 6.20. The summed E-state index contributed by atoms with van der Waals surface area (Å²) in [4.78, 5) is 33.5. The van der Waals surface area contributed by atoms with Gasteiger partial charge < -0.3 is 21.5 Å². The second kappa shape index (κ2) is 10.3. The van der Waals surface area contributed by atoms with Gasteiger partial charge in [-0.2, -0.15) is 0 Å². The Morgan fingerprint density at radius 3 is 2.43 bits per heavy atom. The molecule has 3 aromatic rings. The molecule has 2 saturated carbocycles. The van der Waals surface area contributed by atoms with Gasteiger partial charge in [0.25, 0.3) is 5.91 Å². The average Bonchev–Trinajstić information content (AvgIpc) is 3.81. The normalized spacial score (nSPS) is 15.1. The number of allylic oxidation sites excluding steroid dienone is 2. The summed E-state index contributed by atoms with van der Waals surface area (Å²) in [7, 11) is 0. The lowest BCUT2D eigenvalue weighted by Gasteiger charge is -2.11. The van der Waals surface area contributed by atoms with Crippen molar-refractivity contribution < 1.29 is 9.59 Å². The summed E-state index contributed by atoms with van der Waals surface area (Å²) in [6, 6.07) is 12.4. The molecular weight excluding hydrogens is 464 g/mol. The number of aryl methyl sites for hydroxylation is 1. The maximum atomic E-state index is 12.9. The zero-order valence-corrected chi connectivity index (χ0v) is 20.5. The molecule has 8 heteroatoms. The Labute approximate surface area is 215 Å². The Bertz CT molecular complexity index is 1440. The largest absolute Gasteiger partial charge is 0.322 e. The molecule has 2 fully saturated rings. The second-order valence-electron chi connectivity index (χ2n) is 9.58. The molecule has 0 aliphatic heterocycles. The number of benzene rings is 1. The van der Waals surface area contributed by atoms with Gasteiger partial charge in [-0.05, 0) is 86.2 Å². The Hall–Kier alpha value is -4.46. The molecule has 5 rings (SSSR count). The van der Waals surface area contributed by atoms with Gasteiger partial charge in [0.15, 0.2) is 0 Å². The van der Waals surface area contributed by atoms with Crippen molar-refractivity contribution in [3.05, 3.63) is 88.9 Å². The van der Waals surface area contributed by atoms with Crippen LogP contribution in [0, 0.1) is 23.7 Å². The lowest BCUT2D eigenvalue weighted by atomic mass is 9.99. The molecule has 0 atom stereocenters. The fourth-order valence-corrected chi connectivity index (χ4v) is 4.08. The summed E-state index contributed by atoms with van der Waals surface area (Å²) in [6.45, 7) is 1.90. The lowest BCUT2D eigenvalue weighted by Crippen LogP contribution is -2.14. The van der Waals surface area contributed by atoms with Crippen molar-refractivity contribution in [1.29, 1.82) is 10.8 Å². The van der Waals surface area contributed by atoms with Crippen LogP contribution in [0.4, 0.5) is 11.5 Å². The van der Waals surface area contributed by atoms with Crippen LogP contribution in [0.1, 0.15) is 64.3 Å². The first-order valence-electron chi connectivity index (χ1n) is 12.4. The van der Waals surface area contributed by atoms with Crippen molar-refractivity contribution in [3.8, 4) is 0 Å². The Balaban J connectivity index is 1.34. The first-order valence-corrected chi connectivity index (χ1v) is 12.4. The first kappa shape index (κ1) is 24.2. The maximum absolute atomic E-state index is 12.9. The van der Waals surface area contributed by atoms with E-state index in [0.29, 0.717) is 39.7 Å². The van der Waals surface area contributed by atoms with E-state index in [4.69, 9.17) is 10.8 Å². The van der Waals surface area contributed by atoms with Crippen LogP contribution < -0.4 is 10.6 Å². The molecule has 186 valence electrons. The highest BCUT2D eigenvalue weighted by Gasteiger charge is 2.30. The molecule has 4 N–H and O–H groups in total. The second-order valence-corrected chi connectivity index (χ2v) is 9.58. The molecule has 2 amide bonds. The third-order valence-corrected chi connectivity index (χ3v) is 6.57. The molecular formula is C29H28N6O2. The molecule has 1 aromatic carbocycles. The van der Waals surface area contributed by atoms with Crippen LogP contribution in [0.2, 0.25) is 0 Å². The fraction of sp³-hybridized carbons (Fsp3) is 0.241. The Kier molecular flexibility index (Phi) is 6.72. The van der Waals surface area contributed by atoms with E-state index in [-0.39, 0.29) is 23.4 Å². The summed E-state index contributed by atoms with van der Waals surface area (Å²) in [5.74, 6) is 0.683. The monoisotopic (exact) mass is 492 g/mol. The van der Waals surface area contributed by atoms with E-state index in [1.807, 2.05) is 25.1 Å². The molecule has 0 unspecified atom stereocenters. The van der Waals surface area contributed by atoms with Gasteiger partial charge in [0.2, 0.25) is 5.91 Å². The predicted molar refractivity (Wildman–Crippen MR) is 145 cm³/mol. The first-order chi connectivity index (χ1) is 17.9. The zero-order valence-electron chi connectivity index (χ0n) is 20.5. The zero-order chi connectivity index (χ0) is 25.9. The summed E-state index contributed by atoms with van der Waals surface area (Å²) < 4.78 is 0. The molecule has 0 radical (unpaired) electrons.